The van der Waals surface area contributed by atoms with E-state index in [0.29, 0.717) is 32.1 Å². The van der Waals surface area contributed by atoms with E-state index in [1.54, 1.807) is 3.11 Å². The van der Waals surface area contributed by atoms with Gasteiger partial charge in [-0.3, -0.25) is 0 Å². The number of hydrogen-bond donors (Lipinski definition) is 1. The SMILES string of the molecule is CCNC(=O)N(I)c1ccc(-c2nc3c(c(N4CCOCC4C)n2)CCN(c2nc(C)cc(C)n2)C3)cc1. The van der Waals surface area contributed by atoms with E-state index in [2.05, 4.69) is 22.0 Å². The molecule has 1 atom stereocenters. The van der Waals surface area contributed by atoms with Gasteiger partial charge in [-0.25, -0.2) is 27.8 Å². The van der Waals surface area contributed by atoms with Gasteiger partial charge < -0.3 is 19.9 Å². The lowest BCUT2D eigenvalue weighted by Gasteiger charge is -2.38. The molecular weight excluding hydrogens is 595 g/mol. The van der Waals surface area contributed by atoms with Crippen molar-refractivity contribution in [2.24, 2.45) is 0 Å². The zero-order chi connectivity index (χ0) is 26.8. The van der Waals surface area contributed by atoms with Crippen molar-refractivity contribution >= 4 is 46.3 Å². The average molecular weight is 629 g/mol. The van der Waals surface area contributed by atoms with Crippen LogP contribution in [0.15, 0.2) is 30.3 Å². The molecular formula is C27H33IN8O2. The maximum Gasteiger partial charge on any atom is 0.330 e. The number of aryl methyl sites for hydroxylation is 2. The number of benzene rings is 1. The van der Waals surface area contributed by atoms with Crippen LogP contribution in [0.5, 0.6) is 0 Å². The number of rotatable bonds is 5. The fourth-order valence-corrected chi connectivity index (χ4v) is 5.41. The molecule has 2 aliphatic heterocycles. The summed E-state index contributed by atoms with van der Waals surface area (Å²) in [5.41, 5.74) is 5.80. The van der Waals surface area contributed by atoms with Gasteiger partial charge in [0.25, 0.3) is 0 Å². The van der Waals surface area contributed by atoms with Crippen LogP contribution in [0.1, 0.15) is 36.5 Å². The van der Waals surface area contributed by atoms with E-state index in [9.17, 15) is 4.79 Å². The van der Waals surface area contributed by atoms with Gasteiger partial charge in [0.1, 0.15) is 5.82 Å². The molecule has 1 N–H and O–H groups in total. The predicted octanol–water partition coefficient (Wildman–Crippen LogP) is 4.22. The summed E-state index contributed by atoms with van der Waals surface area (Å²) in [7, 11) is 0. The molecule has 0 bridgehead atoms. The summed E-state index contributed by atoms with van der Waals surface area (Å²) in [6, 6.07) is 9.86. The zero-order valence-electron chi connectivity index (χ0n) is 22.2. The van der Waals surface area contributed by atoms with Gasteiger partial charge in [0.05, 0.1) is 60.0 Å². The summed E-state index contributed by atoms with van der Waals surface area (Å²) >= 11 is 2.01. The highest BCUT2D eigenvalue weighted by Crippen LogP contribution is 2.33. The molecule has 1 aromatic carbocycles. The van der Waals surface area contributed by atoms with Crippen LogP contribution in [0.4, 0.5) is 22.2 Å². The van der Waals surface area contributed by atoms with Gasteiger partial charge in [0.2, 0.25) is 5.95 Å². The highest BCUT2D eigenvalue weighted by atomic mass is 127. The number of aromatic nitrogens is 4. The zero-order valence-corrected chi connectivity index (χ0v) is 24.4. The van der Waals surface area contributed by atoms with Crippen LogP contribution in [0.2, 0.25) is 0 Å². The molecule has 1 fully saturated rings. The Bertz CT molecular complexity index is 1300. The number of hydrogen-bond acceptors (Lipinski definition) is 8. The number of nitrogens with zero attached hydrogens (tertiary/aromatic N) is 7. The Balaban J connectivity index is 1.52. The minimum absolute atomic E-state index is 0.150. The van der Waals surface area contributed by atoms with Gasteiger partial charge >= 0.3 is 6.03 Å². The van der Waals surface area contributed by atoms with Gasteiger partial charge in [0, 0.05) is 42.1 Å². The van der Waals surface area contributed by atoms with Crippen molar-refractivity contribution in [3.05, 3.63) is 53.0 Å². The first-order valence-corrected chi connectivity index (χ1v) is 14.0. The highest BCUT2D eigenvalue weighted by Gasteiger charge is 2.30. The molecule has 1 saturated heterocycles. The Morgan fingerprint density at radius 3 is 2.55 bits per heavy atom. The van der Waals surface area contributed by atoms with Crippen LogP contribution >= 0.6 is 22.9 Å². The fraction of sp³-hybridized carbons (Fsp3) is 0.444. The van der Waals surface area contributed by atoms with E-state index >= 15 is 0 Å². The Kier molecular flexibility index (Phi) is 7.93. The molecule has 4 heterocycles. The monoisotopic (exact) mass is 628 g/mol. The largest absolute Gasteiger partial charge is 0.377 e. The van der Waals surface area contributed by atoms with Gasteiger partial charge in [-0.1, -0.05) is 0 Å². The summed E-state index contributed by atoms with van der Waals surface area (Å²) in [4.78, 5) is 36.4. The number of halogens is 1. The Morgan fingerprint density at radius 2 is 1.87 bits per heavy atom. The van der Waals surface area contributed by atoms with Crippen molar-refractivity contribution in [3.8, 4) is 11.4 Å². The molecule has 3 aromatic rings. The van der Waals surface area contributed by atoms with Crippen LogP contribution in [0, 0.1) is 13.8 Å². The first-order valence-electron chi connectivity index (χ1n) is 13.0. The minimum atomic E-state index is -0.150. The molecule has 2 amide bonds. The van der Waals surface area contributed by atoms with Crippen LogP contribution in [0.3, 0.4) is 0 Å². The summed E-state index contributed by atoms with van der Waals surface area (Å²) in [5, 5.41) is 2.82. The second kappa shape index (κ2) is 11.4. The number of nitrogens with one attached hydrogen (secondary N) is 1. The van der Waals surface area contributed by atoms with Gasteiger partial charge in [-0.05, 0) is 64.4 Å². The van der Waals surface area contributed by atoms with E-state index in [1.807, 2.05) is 74.0 Å². The third kappa shape index (κ3) is 5.53. The molecule has 0 aliphatic carbocycles. The third-order valence-corrected chi connectivity index (χ3v) is 7.79. The number of anilines is 3. The first kappa shape index (κ1) is 26.5. The summed E-state index contributed by atoms with van der Waals surface area (Å²) in [6.45, 7) is 12.2. The molecule has 10 nitrogen and oxygen atoms in total. The maximum atomic E-state index is 12.3. The number of carbonyl (C=O) groups excluding carboxylic acids is 1. The number of fused-ring (bicyclic) bond motifs is 1. The number of ether oxygens (including phenoxy) is 1. The number of urea groups is 1. The predicted molar refractivity (Wildman–Crippen MR) is 157 cm³/mol. The van der Waals surface area contributed by atoms with Crippen LogP contribution in [-0.2, 0) is 17.7 Å². The normalized spacial score (nSPS) is 17.2. The van der Waals surface area contributed by atoms with E-state index in [-0.39, 0.29) is 12.1 Å². The van der Waals surface area contributed by atoms with Crippen molar-refractivity contribution in [3.63, 3.8) is 0 Å². The second-order valence-corrected chi connectivity index (χ2v) is 10.7. The Morgan fingerprint density at radius 1 is 1.13 bits per heavy atom. The summed E-state index contributed by atoms with van der Waals surface area (Å²) in [6.07, 6.45) is 0.820. The molecule has 1 unspecified atom stereocenters. The molecule has 11 heteroatoms. The Labute approximate surface area is 237 Å². The van der Waals surface area contributed by atoms with Crippen molar-refractivity contribution in [1.29, 1.82) is 0 Å². The molecule has 5 rings (SSSR count). The van der Waals surface area contributed by atoms with Crippen LogP contribution in [-0.4, -0.2) is 64.9 Å². The van der Waals surface area contributed by atoms with Gasteiger partial charge in [-0.15, -0.1) is 0 Å². The van der Waals surface area contributed by atoms with E-state index < -0.39 is 0 Å². The van der Waals surface area contributed by atoms with Crippen molar-refractivity contribution in [2.45, 2.75) is 46.7 Å². The van der Waals surface area contributed by atoms with Crippen molar-refractivity contribution < 1.29 is 9.53 Å². The molecule has 0 spiro atoms. The lowest BCUT2D eigenvalue weighted by molar-refractivity contribution is 0.0984. The fourth-order valence-electron chi connectivity index (χ4n) is 4.92. The van der Waals surface area contributed by atoms with Crippen LogP contribution < -0.4 is 18.2 Å². The van der Waals surface area contributed by atoms with Crippen molar-refractivity contribution in [1.82, 2.24) is 25.3 Å². The Hall–Kier alpha value is -3.06. The van der Waals surface area contributed by atoms with Gasteiger partial charge in [-0.2, -0.15) is 0 Å². The molecule has 2 aromatic heterocycles. The van der Waals surface area contributed by atoms with E-state index in [0.717, 1.165) is 59.6 Å². The standard InChI is InChI=1S/C27H33IN8O2/c1-5-29-27(37)36(28)21-8-6-20(7-9-21)24-32-23-15-34(26-30-17(2)14-18(3)31-26)11-10-22(23)25(33-24)35-12-13-38-16-19(35)4/h6-9,14,19H,5,10-13,15-16H2,1-4H3,(H,29,37). The molecule has 0 radical (unpaired) electrons. The minimum Gasteiger partial charge on any atom is -0.377 e. The third-order valence-electron chi connectivity index (χ3n) is 6.79. The van der Waals surface area contributed by atoms with E-state index in [4.69, 9.17) is 24.7 Å². The maximum absolute atomic E-state index is 12.3. The molecule has 200 valence electrons. The smallest absolute Gasteiger partial charge is 0.330 e. The number of amides is 2. The number of carbonyl (C=O) groups is 1. The van der Waals surface area contributed by atoms with Crippen LogP contribution in [0.25, 0.3) is 11.4 Å². The number of morpholine rings is 1. The van der Waals surface area contributed by atoms with Crippen molar-refractivity contribution in [2.75, 3.05) is 45.8 Å². The summed E-state index contributed by atoms with van der Waals surface area (Å²) in [5.74, 6) is 2.40. The molecule has 2 aliphatic rings. The molecule has 38 heavy (non-hydrogen) atoms. The topological polar surface area (TPSA) is 99.6 Å². The highest BCUT2D eigenvalue weighted by molar-refractivity contribution is 14.1. The molecule has 0 saturated carbocycles. The average Bonchev–Trinajstić information content (AvgIpc) is 2.92. The lowest BCUT2D eigenvalue weighted by atomic mass is 10.0. The van der Waals surface area contributed by atoms with E-state index in [1.165, 1.54) is 5.56 Å². The second-order valence-electron chi connectivity index (χ2n) is 9.70. The summed E-state index contributed by atoms with van der Waals surface area (Å²) < 4.78 is 7.28. The lowest BCUT2D eigenvalue weighted by Crippen LogP contribution is -2.45. The quantitative estimate of drug-likeness (QED) is 0.332. The van der Waals surface area contributed by atoms with Gasteiger partial charge in [0.15, 0.2) is 5.82 Å². The first-order chi connectivity index (χ1) is 18.3.